The highest BCUT2D eigenvalue weighted by Crippen LogP contribution is 2.23. The Morgan fingerprint density at radius 1 is 1.33 bits per heavy atom. The summed E-state index contributed by atoms with van der Waals surface area (Å²) >= 11 is 0. The van der Waals surface area contributed by atoms with E-state index in [9.17, 15) is 14.7 Å². The van der Waals surface area contributed by atoms with Crippen LogP contribution < -0.4 is 0 Å². The van der Waals surface area contributed by atoms with E-state index in [2.05, 4.69) is 4.74 Å². The van der Waals surface area contributed by atoms with Gasteiger partial charge in [-0.3, -0.25) is 0 Å². The molecule has 18 heavy (non-hydrogen) atoms. The summed E-state index contributed by atoms with van der Waals surface area (Å²) in [5.41, 5.74) is -0.329. The molecular formula is C12H17NO5. The summed E-state index contributed by atoms with van der Waals surface area (Å²) in [5, 5.41) is 9.68. The zero-order valence-electron chi connectivity index (χ0n) is 11.1. The van der Waals surface area contributed by atoms with Crippen molar-refractivity contribution in [3.8, 4) is 5.88 Å². The number of hydrogen-bond donors (Lipinski definition) is 1. The maximum atomic E-state index is 11.9. The largest absolute Gasteiger partial charge is 0.494 e. The molecule has 0 bridgehead atoms. The topological polar surface area (TPSA) is 77.8 Å². The van der Waals surface area contributed by atoms with Gasteiger partial charge >= 0.3 is 12.1 Å². The van der Waals surface area contributed by atoms with E-state index in [1.807, 2.05) is 0 Å². The molecule has 0 amide bonds. The summed E-state index contributed by atoms with van der Waals surface area (Å²) < 4.78 is 10.5. The van der Waals surface area contributed by atoms with Crippen molar-refractivity contribution in [3.63, 3.8) is 0 Å². The number of aryl methyl sites for hydroxylation is 1. The van der Waals surface area contributed by atoms with Crippen LogP contribution in [0.4, 0.5) is 4.79 Å². The second-order valence-corrected chi connectivity index (χ2v) is 4.84. The molecule has 1 rings (SSSR count). The number of carbonyl (C=O) groups is 2. The minimum absolute atomic E-state index is 0.0377. The van der Waals surface area contributed by atoms with E-state index >= 15 is 0 Å². The lowest BCUT2D eigenvalue weighted by Gasteiger charge is -2.20. The van der Waals surface area contributed by atoms with Crippen LogP contribution in [0.25, 0.3) is 0 Å². The lowest BCUT2D eigenvalue weighted by Crippen LogP contribution is -2.29. The Labute approximate surface area is 105 Å². The molecule has 0 saturated carbocycles. The van der Waals surface area contributed by atoms with Crippen LogP contribution in [0, 0.1) is 6.92 Å². The van der Waals surface area contributed by atoms with Crippen molar-refractivity contribution >= 4 is 12.1 Å². The molecule has 0 fully saturated rings. The van der Waals surface area contributed by atoms with Crippen LogP contribution in [0.5, 0.6) is 5.88 Å². The lowest BCUT2D eigenvalue weighted by molar-refractivity contribution is 0.0472. The van der Waals surface area contributed by atoms with Crippen molar-refractivity contribution in [1.29, 1.82) is 0 Å². The van der Waals surface area contributed by atoms with Gasteiger partial charge in [0.15, 0.2) is 0 Å². The smallest absolute Gasteiger partial charge is 0.422 e. The highest BCUT2D eigenvalue weighted by molar-refractivity contribution is 5.94. The van der Waals surface area contributed by atoms with Crippen LogP contribution in [0.3, 0.4) is 0 Å². The summed E-state index contributed by atoms with van der Waals surface area (Å²) in [4.78, 5) is 23.5. The average molecular weight is 255 g/mol. The molecule has 100 valence electrons. The number of nitrogens with zero attached hydrogens (tertiary/aromatic N) is 1. The van der Waals surface area contributed by atoms with Crippen LogP contribution in [0.2, 0.25) is 0 Å². The first kappa shape index (κ1) is 14.1. The first-order valence-electron chi connectivity index (χ1n) is 5.40. The molecule has 6 nitrogen and oxygen atoms in total. The lowest BCUT2D eigenvalue weighted by atomic mass is 10.2. The molecule has 0 atom stereocenters. The fraction of sp³-hybridized carbons (Fsp3) is 0.500. The van der Waals surface area contributed by atoms with Crippen LogP contribution >= 0.6 is 0 Å². The van der Waals surface area contributed by atoms with E-state index in [-0.39, 0.29) is 11.6 Å². The second kappa shape index (κ2) is 4.72. The normalized spacial score (nSPS) is 11.2. The number of aromatic hydroxyl groups is 1. The molecule has 0 radical (unpaired) electrons. The van der Waals surface area contributed by atoms with Gasteiger partial charge in [-0.1, -0.05) is 0 Å². The van der Waals surface area contributed by atoms with Crippen LogP contribution in [-0.4, -0.2) is 34.4 Å². The Balaban J connectivity index is 3.23. The Morgan fingerprint density at radius 2 is 1.89 bits per heavy atom. The number of methoxy groups -OCH3 is 1. The van der Waals surface area contributed by atoms with Gasteiger partial charge in [0.2, 0.25) is 5.88 Å². The van der Waals surface area contributed by atoms with Gasteiger partial charge in [-0.05, 0) is 33.3 Å². The molecule has 1 aromatic heterocycles. The highest BCUT2D eigenvalue weighted by atomic mass is 16.6. The van der Waals surface area contributed by atoms with Gasteiger partial charge in [0, 0.05) is 6.07 Å². The Morgan fingerprint density at radius 3 is 2.33 bits per heavy atom. The summed E-state index contributed by atoms with van der Waals surface area (Å²) in [6, 6.07) is 1.30. The first-order chi connectivity index (χ1) is 8.17. The SMILES string of the molecule is COC(=O)c1c(C)cc(O)n1C(=O)OC(C)(C)C. The third-order valence-corrected chi connectivity index (χ3v) is 2.13. The summed E-state index contributed by atoms with van der Waals surface area (Å²) in [6.07, 6.45) is -0.825. The van der Waals surface area contributed by atoms with Crippen molar-refractivity contribution in [3.05, 3.63) is 17.3 Å². The van der Waals surface area contributed by atoms with E-state index in [0.29, 0.717) is 5.56 Å². The minimum atomic E-state index is -0.825. The highest BCUT2D eigenvalue weighted by Gasteiger charge is 2.27. The number of esters is 1. The summed E-state index contributed by atoms with van der Waals surface area (Å²) in [6.45, 7) is 6.66. The van der Waals surface area contributed by atoms with Crippen LogP contribution in [0.1, 0.15) is 36.8 Å². The Hall–Kier alpha value is -1.98. The fourth-order valence-electron chi connectivity index (χ4n) is 1.46. The monoisotopic (exact) mass is 255 g/mol. The van der Waals surface area contributed by atoms with Crippen molar-refractivity contribution in [2.45, 2.75) is 33.3 Å². The van der Waals surface area contributed by atoms with E-state index in [4.69, 9.17) is 4.74 Å². The van der Waals surface area contributed by atoms with E-state index in [0.717, 1.165) is 4.57 Å². The number of ether oxygens (including phenoxy) is 2. The number of aromatic nitrogens is 1. The summed E-state index contributed by atoms with van der Waals surface area (Å²) in [5.74, 6) is -1.07. The van der Waals surface area contributed by atoms with Gasteiger partial charge in [-0.15, -0.1) is 0 Å². The molecule has 0 saturated heterocycles. The molecule has 0 unspecified atom stereocenters. The molecule has 0 aliphatic carbocycles. The van der Waals surface area contributed by atoms with Crippen molar-refractivity contribution in [2.75, 3.05) is 7.11 Å². The predicted molar refractivity (Wildman–Crippen MR) is 63.8 cm³/mol. The van der Waals surface area contributed by atoms with Crippen molar-refractivity contribution in [1.82, 2.24) is 4.57 Å². The molecular weight excluding hydrogens is 238 g/mol. The van der Waals surface area contributed by atoms with Gasteiger partial charge in [-0.2, -0.15) is 0 Å². The maximum Gasteiger partial charge on any atom is 0.422 e. The average Bonchev–Trinajstić information content (AvgIpc) is 2.49. The van der Waals surface area contributed by atoms with Crippen molar-refractivity contribution in [2.24, 2.45) is 0 Å². The first-order valence-corrected chi connectivity index (χ1v) is 5.40. The maximum absolute atomic E-state index is 11.9. The van der Waals surface area contributed by atoms with E-state index < -0.39 is 17.7 Å². The van der Waals surface area contributed by atoms with Gasteiger partial charge in [0.25, 0.3) is 0 Å². The molecule has 0 aromatic carbocycles. The third-order valence-electron chi connectivity index (χ3n) is 2.13. The quantitative estimate of drug-likeness (QED) is 0.777. The van der Waals surface area contributed by atoms with Gasteiger partial charge in [0.05, 0.1) is 7.11 Å². The van der Waals surface area contributed by atoms with Crippen molar-refractivity contribution < 1.29 is 24.2 Å². The van der Waals surface area contributed by atoms with E-state index in [1.54, 1.807) is 27.7 Å². The number of rotatable bonds is 1. The van der Waals surface area contributed by atoms with Crippen LogP contribution in [-0.2, 0) is 9.47 Å². The Bertz CT molecular complexity index is 481. The van der Waals surface area contributed by atoms with Gasteiger partial charge < -0.3 is 14.6 Å². The predicted octanol–water partition coefficient (Wildman–Crippen LogP) is 2.07. The second-order valence-electron chi connectivity index (χ2n) is 4.84. The van der Waals surface area contributed by atoms with Crippen LogP contribution in [0.15, 0.2) is 6.07 Å². The minimum Gasteiger partial charge on any atom is -0.494 e. The Kier molecular flexibility index (Phi) is 3.69. The fourth-order valence-corrected chi connectivity index (χ4v) is 1.46. The molecule has 6 heteroatoms. The number of hydrogen-bond acceptors (Lipinski definition) is 5. The molecule has 0 aliphatic heterocycles. The third kappa shape index (κ3) is 2.82. The molecule has 1 heterocycles. The molecule has 1 aromatic rings. The molecule has 0 aliphatic rings. The standard InChI is InChI=1S/C12H17NO5/c1-7-6-8(14)13(9(7)10(15)17-5)11(16)18-12(2,3)4/h6,14H,1-5H3. The van der Waals surface area contributed by atoms with E-state index in [1.165, 1.54) is 13.2 Å². The molecule has 0 spiro atoms. The molecule has 1 N–H and O–H groups in total. The van der Waals surface area contributed by atoms with Gasteiger partial charge in [-0.25, -0.2) is 14.2 Å². The van der Waals surface area contributed by atoms with Gasteiger partial charge in [0.1, 0.15) is 11.3 Å². The number of carbonyl (C=O) groups excluding carboxylic acids is 2. The zero-order valence-corrected chi connectivity index (χ0v) is 11.1. The summed E-state index contributed by atoms with van der Waals surface area (Å²) in [7, 11) is 1.20. The zero-order chi connectivity index (χ0) is 14.1.